The Kier molecular flexibility index (Phi) is 5.10. The molecule has 0 saturated heterocycles. The first kappa shape index (κ1) is 17.8. The largest absolute Gasteiger partial charge is 0.494 e. The Morgan fingerprint density at radius 2 is 2.00 bits per heavy atom. The minimum absolute atomic E-state index is 0.0549. The Morgan fingerprint density at radius 3 is 2.58 bits per heavy atom. The highest BCUT2D eigenvalue weighted by molar-refractivity contribution is 7.92. The summed E-state index contributed by atoms with van der Waals surface area (Å²) in [5.41, 5.74) is 0.735. The smallest absolute Gasteiger partial charge is 0.277 e. The normalized spacial score (nSPS) is 14.6. The number of aliphatic hydroxyl groups is 1. The van der Waals surface area contributed by atoms with Gasteiger partial charge in [0.25, 0.3) is 11.8 Å². The second kappa shape index (κ2) is 6.89. The molecule has 0 bridgehead atoms. The molecule has 0 fully saturated rings. The van der Waals surface area contributed by atoms with Crippen LogP contribution in [-0.2, 0) is 19.6 Å². The van der Waals surface area contributed by atoms with Crippen LogP contribution < -0.4 is 14.8 Å². The number of sulfonamides is 1. The fourth-order valence-electron chi connectivity index (χ4n) is 2.12. The Hall–Kier alpha value is -2.59. The Bertz CT molecular complexity index is 803. The van der Waals surface area contributed by atoms with E-state index in [9.17, 15) is 18.0 Å². The Balaban J connectivity index is 2.21. The number of amides is 2. The minimum atomic E-state index is -3.47. The molecule has 0 radical (unpaired) electrons. The zero-order valence-electron chi connectivity index (χ0n) is 13.1. The van der Waals surface area contributed by atoms with Crippen molar-refractivity contribution in [3.8, 4) is 5.75 Å². The number of carbonyl (C=O) groups excluding carboxylic acids is 2. The molecule has 0 aliphatic carbocycles. The first-order chi connectivity index (χ1) is 11.2. The average Bonchev–Trinajstić information content (AvgIpc) is 2.75. The maximum Gasteiger partial charge on any atom is 0.277 e. The van der Waals surface area contributed by atoms with Crippen molar-refractivity contribution in [3.05, 3.63) is 30.0 Å². The molecule has 9 nitrogen and oxygen atoms in total. The molecule has 0 spiro atoms. The number of hydrogen-bond acceptors (Lipinski definition) is 7. The molecule has 0 aromatic heterocycles. The molecule has 0 unspecified atom stereocenters. The summed E-state index contributed by atoms with van der Waals surface area (Å²) in [5.74, 6) is -0.819. The number of benzene rings is 1. The summed E-state index contributed by atoms with van der Waals surface area (Å²) in [6.07, 6.45) is 2.15. The molecule has 1 aromatic carbocycles. The molecule has 1 aliphatic heterocycles. The lowest BCUT2D eigenvalue weighted by atomic mass is 10.2. The van der Waals surface area contributed by atoms with Crippen molar-refractivity contribution in [2.45, 2.75) is 0 Å². The van der Waals surface area contributed by atoms with Crippen molar-refractivity contribution in [3.63, 3.8) is 0 Å². The van der Waals surface area contributed by atoms with Crippen LogP contribution in [0.25, 0.3) is 0 Å². The van der Waals surface area contributed by atoms with Gasteiger partial charge in [-0.05, 0) is 12.1 Å². The summed E-state index contributed by atoms with van der Waals surface area (Å²) >= 11 is 0. The van der Waals surface area contributed by atoms with Crippen LogP contribution in [0.4, 0.5) is 11.4 Å². The molecule has 24 heavy (non-hydrogen) atoms. The molecule has 1 aliphatic rings. The third-order valence-electron chi connectivity index (χ3n) is 3.11. The van der Waals surface area contributed by atoms with Gasteiger partial charge in [-0.15, -0.1) is 0 Å². The number of nitrogens with zero attached hydrogens (tertiary/aromatic N) is 1. The van der Waals surface area contributed by atoms with Gasteiger partial charge in [-0.3, -0.25) is 19.2 Å². The molecule has 2 rings (SSSR count). The second-order valence-corrected chi connectivity index (χ2v) is 6.74. The van der Waals surface area contributed by atoms with Crippen LogP contribution >= 0.6 is 0 Å². The molecule has 10 heteroatoms. The number of rotatable bonds is 7. The fraction of sp³-hybridized carbons (Fsp3) is 0.286. The van der Waals surface area contributed by atoms with Gasteiger partial charge in [-0.25, -0.2) is 8.42 Å². The predicted molar refractivity (Wildman–Crippen MR) is 87.0 cm³/mol. The van der Waals surface area contributed by atoms with Gasteiger partial charge in [0.05, 0.1) is 32.2 Å². The number of carbonyl (C=O) groups is 2. The van der Waals surface area contributed by atoms with Crippen LogP contribution in [-0.4, -0.2) is 56.8 Å². The summed E-state index contributed by atoms with van der Waals surface area (Å²) in [6, 6.07) is 4.49. The van der Waals surface area contributed by atoms with Gasteiger partial charge < -0.3 is 15.2 Å². The number of anilines is 2. The molecule has 0 saturated carbocycles. The van der Waals surface area contributed by atoms with Crippen LogP contribution in [0.1, 0.15) is 0 Å². The zero-order valence-corrected chi connectivity index (χ0v) is 13.9. The van der Waals surface area contributed by atoms with E-state index >= 15 is 0 Å². The predicted octanol–water partition coefficient (Wildman–Crippen LogP) is -0.276. The number of aliphatic hydroxyl groups excluding tert-OH is 1. The summed E-state index contributed by atoms with van der Waals surface area (Å²) in [5, 5.41) is 11.7. The standard InChI is InChI=1S/C14H17N3O6S/c1-23-12-7-9(3-4-10(12)16-24(2,21)22)15-11-8-13(19)17(5-6-18)14(11)20/h3-4,7-8,15-16,18H,5-6H2,1-2H3. The minimum Gasteiger partial charge on any atom is -0.494 e. The Labute approximate surface area is 139 Å². The first-order valence-electron chi connectivity index (χ1n) is 6.86. The lowest BCUT2D eigenvalue weighted by molar-refractivity contribution is -0.137. The van der Waals surface area contributed by atoms with Crippen molar-refractivity contribution in [1.29, 1.82) is 0 Å². The number of methoxy groups -OCH3 is 1. The van der Waals surface area contributed by atoms with Gasteiger partial charge in [0.1, 0.15) is 11.4 Å². The van der Waals surface area contributed by atoms with Gasteiger partial charge in [0.15, 0.2) is 0 Å². The van der Waals surface area contributed by atoms with Crippen molar-refractivity contribution >= 4 is 33.2 Å². The van der Waals surface area contributed by atoms with E-state index in [1.807, 2.05) is 0 Å². The first-order valence-corrected chi connectivity index (χ1v) is 8.75. The number of ether oxygens (including phenoxy) is 1. The van der Waals surface area contributed by atoms with Gasteiger partial charge in [0, 0.05) is 17.8 Å². The summed E-state index contributed by atoms with van der Waals surface area (Å²) in [4.78, 5) is 24.7. The molecule has 130 valence electrons. The summed E-state index contributed by atoms with van der Waals surface area (Å²) < 4.78 is 30.1. The molecular formula is C14H17N3O6S. The lowest BCUT2D eigenvalue weighted by Crippen LogP contribution is -2.34. The molecule has 2 amide bonds. The van der Waals surface area contributed by atoms with Crippen LogP contribution in [0.15, 0.2) is 30.0 Å². The van der Waals surface area contributed by atoms with E-state index in [1.165, 1.54) is 25.3 Å². The highest BCUT2D eigenvalue weighted by Gasteiger charge is 2.30. The van der Waals surface area contributed by atoms with Crippen LogP contribution in [0.2, 0.25) is 0 Å². The van der Waals surface area contributed by atoms with E-state index in [-0.39, 0.29) is 30.3 Å². The third kappa shape index (κ3) is 4.03. The lowest BCUT2D eigenvalue weighted by Gasteiger charge is -2.15. The van der Waals surface area contributed by atoms with Crippen LogP contribution in [0.5, 0.6) is 5.75 Å². The maximum atomic E-state index is 12.1. The van der Waals surface area contributed by atoms with Crippen LogP contribution in [0.3, 0.4) is 0 Å². The Morgan fingerprint density at radius 1 is 1.29 bits per heavy atom. The van der Waals surface area contributed by atoms with Gasteiger partial charge in [-0.2, -0.15) is 0 Å². The van der Waals surface area contributed by atoms with E-state index < -0.39 is 21.8 Å². The van der Waals surface area contributed by atoms with E-state index in [1.54, 1.807) is 0 Å². The number of imide groups is 1. The highest BCUT2D eigenvalue weighted by atomic mass is 32.2. The van der Waals surface area contributed by atoms with Gasteiger partial charge >= 0.3 is 0 Å². The molecule has 3 N–H and O–H groups in total. The molecule has 1 heterocycles. The van der Waals surface area contributed by atoms with E-state index in [2.05, 4.69) is 10.0 Å². The number of nitrogens with one attached hydrogen (secondary N) is 2. The second-order valence-electron chi connectivity index (χ2n) is 4.99. The maximum absolute atomic E-state index is 12.1. The highest BCUT2D eigenvalue weighted by Crippen LogP contribution is 2.29. The van der Waals surface area contributed by atoms with Crippen LogP contribution in [0, 0.1) is 0 Å². The zero-order chi connectivity index (χ0) is 17.9. The fourth-order valence-corrected chi connectivity index (χ4v) is 2.69. The monoisotopic (exact) mass is 355 g/mol. The average molecular weight is 355 g/mol. The topological polar surface area (TPSA) is 125 Å². The van der Waals surface area contributed by atoms with Crippen molar-refractivity contribution in [2.24, 2.45) is 0 Å². The third-order valence-corrected chi connectivity index (χ3v) is 3.70. The van der Waals surface area contributed by atoms with Crippen molar-refractivity contribution < 1.29 is 27.9 Å². The van der Waals surface area contributed by atoms with Crippen molar-refractivity contribution in [2.75, 3.05) is 36.6 Å². The van der Waals surface area contributed by atoms with E-state index in [0.717, 1.165) is 17.2 Å². The van der Waals surface area contributed by atoms with E-state index in [4.69, 9.17) is 9.84 Å². The number of β-amino-alcohol motifs (C(OH)–C–C–N with tert-alkyl or cyclic N) is 1. The molecule has 0 atom stereocenters. The quantitative estimate of drug-likeness (QED) is 0.575. The van der Waals surface area contributed by atoms with Gasteiger partial charge in [0.2, 0.25) is 10.0 Å². The SMILES string of the molecule is COc1cc(NC2=CC(=O)N(CCO)C2=O)ccc1NS(C)(=O)=O. The summed E-state index contributed by atoms with van der Waals surface area (Å²) in [6.45, 7) is -0.405. The summed E-state index contributed by atoms with van der Waals surface area (Å²) in [7, 11) is -2.09. The van der Waals surface area contributed by atoms with E-state index in [0.29, 0.717) is 5.69 Å². The van der Waals surface area contributed by atoms with Gasteiger partial charge in [-0.1, -0.05) is 0 Å². The van der Waals surface area contributed by atoms with Crippen molar-refractivity contribution in [1.82, 2.24) is 4.90 Å². The molecule has 1 aromatic rings. The molecular weight excluding hydrogens is 338 g/mol. The number of hydrogen-bond donors (Lipinski definition) is 3.